The van der Waals surface area contributed by atoms with Crippen molar-refractivity contribution in [1.29, 1.82) is 0 Å². The van der Waals surface area contributed by atoms with Crippen LogP contribution in [0.15, 0.2) is 54.6 Å². The summed E-state index contributed by atoms with van der Waals surface area (Å²) in [7, 11) is 1.70. The number of carbonyl (C=O) groups is 1. The quantitative estimate of drug-likeness (QED) is 0.638. The maximum Gasteiger partial charge on any atom is 0.252 e. The predicted molar refractivity (Wildman–Crippen MR) is 116 cm³/mol. The van der Waals surface area contributed by atoms with Gasteiger partial charge in [0.2, 0.25) is 0 Å². The van der Waals surface area contributed by atoms with E-state index < -0.39 is 0 Å². The van der Waals surface area contributed by atoms with Gasteiger partial charge in [0.15, 0.2) is 0 Å². The molecule has 150 valence electrons. The van der Waals surface area contributed by atoms with E-state index in [9.17, 15) is 4.79 Å². The van der Waals surface area contributed by atoms with Gasteiger partial charge in [-0.15, -0.1) is 0 Å². The lowest BCUT2D eigenvalue weighted by Gasteiger charge is -2.32. The minimum Gasteiger partial charge on any atom is -0.496 e. The molecule has 3 aromatic rings. The Morgan fingerprint density at radius 3 is 2.69 bits per heavy atom. The number of para-hydroxylation sites is 2. The van der Waals surface area contributed by atoms with Gasteiger partial charge >= 0.3 is 0 Å². The highest BCUT2D eigenvalue weighted by atomic mass is 35.5. The van der Waals surface area contributed by atoms with Gasteiger partial charge in [-0.25, -0.2) is 4.98 Å². The summed E-state index contributed by atoms with van der Waals surface area (Å²) in [6.45, 7) is 2.72. The minimum atomic E-state index is -0.0892. The average molecular weight is 410 g/mol. The van der Waals surface area contributed by atoms with Crippen LogP contribution in [-0.2, 0) is 6.54 Å². The molecular formula is C23H24ClN3O2. The van der Waals surface area contributed by atoms with Crippen molar-refractivity contribution in [2.24, 2.45) is 0 Å². The fourth-order valence-electron chi connectivity index (χ4n) is 3.90. The number of piperidine rings is 1. The molecule has 2 heterocycles. The van der Waals surface area contributed by atoms with Crippen molar-refractivity contribution >= 4 is 28.4 Å². The number of methoxy groups -OCH3 is 1. The molecule has 0 unspecified atom stereocenters. The number of hydrogen-bond acceptors (Lipinski definition) is 4. The number of aromatic nitrogens is 1. The molecule has 0 bridgehead atoms. The molecule has 6 heteroatoms. The molecule has 1 N–H and O–H groups in total. The number of carbonyl (C=O) groups excluding carboxylic acids is 1. The lowest BCUT2D eigenvalue weighted by molar-refractivity contribution is 0.0910. The second kappa shape index (κ2) is 8.80. The van der Waals surface area contributed by atoms with Gasteiger partial charge in [-0.2, -0.15) is 0 Å². The summed E-state index contributed by atoms with van der Waals surface area (Å²) in [5, 5.41) is 4.34. The standard InChI is InChI=1S/C23H24ClN3O2/c1-29-21-9-5-2-6-16(21)15-27-12-10-17(11-13-27)25-23(28)19-14-22(24)26-20-8-4-3-7-18(19)20/h2-9,14,17H,10-13,15H2,1H3,(H,25,28). The number of hydrogen-bond donors (Lipinski definition) is 1. The van der Waals surface area contributed by atoms with Gasteiger partial charge in [0, 0.05) is 36.6 Å². The van der Waals surface area contributed by atoms with E-state index >= 15 is 0 Å². The lowest BCUT2D eigenvalue weighted by Crippen LogP contribution is -2.44. The normalized spacial score (nSPS) is 15.4. The third-order valence-corrected chi connectivity index (χ3v) is 5.63. The Labute approximate surface area is 175 Å². The fraction of sp³-hybridized carbons (Fsp3) is 0.304. The van der Waals surface area contributed by atoms with Gasteiger partial charge < -0.3 is 10.1 Å². The maximum atomic E-state index is 12.9. The highest BCUT2D eigenvalue weighted by Gasteiger charge is 2.23. The number of rotatable bonds is 5. The minimum absolute atomic E-state index is 0.0892. The predicted octanol–water partition coefficient (Wildman–Crippen LogP) is 4.29. The zero-order valence-corrected chi connectivity index (χ0v) is 17.2. The van der Waals surface area contributed by atoms with Crippen LogP contribution >= 0.6 is 11.6 Å². The topological polar surface area (TPSA) is 54.5 Å². The summed E-state index contributed by atoms with van der Waals surface area (Å²) in [6, 6.07) is 17.5. The number of pyridine rings is 1. The molecule has 0 saturated carbocycles. The van der Waals surface area contributed by atoms with Crippen LogP contribution < -0.4 is 10.1 Å². The van der Waals surface area contributed by atoms with E-state index in [1.807, 2.05) is 42.5 Å². The number of fused-ring (bicyclic) bond motifs is 1. The molecule has 1 aromatic heterocycles. The first-order valence-electron chi connectivity index (χ1n) is 9.84. The molecule has 0 spiro atoms. The molecule has 0 atom stereocenters. The number of benzene rings is 2. The van der Waals surface area contributed by atoms with Crippen LogP contribution in [0.4, 0.5) is 0 Å². The molecule has 5 nitrogen and oxygen atoms in total. The van der Waals surface area contributed by atoms with Crippen LogP contribution in [0.2, 0.25) is 5.15 Å². The Hall–Kier alpha value is -2.63. The molecule has 4 rings (SSSR count). The molecule has 1 aliphatic heterocycles. The summed E-state index contributed by atoms with van der Waals surface area (Å²) in [6.07, 6.45) is 1.83. The summed E-state index contributed by atoms with van der Waals surface area (Å²) in [5.74, 6) is 0.832. The molecule has 1 fully saturated rings. The number of likely N-dealkylation sites (tertiary alicyclic amines) is 1. The highest BCUT2D eigenvalue weighted by molar-refractivity contribution is 6.30. The summed E-state index contributed by atoms with van der Waals surface area (Å²) >= 11 is 6.12. The van der Waals surface area contributed by atoms with Crippen LogP contribution in [0.5, 0.6) is 5.75 Å². The first-order valence-corrected chi connectivity index (χ1v) is 10.2. The van der Waals surface area contributed by atoms with Crippen molar-refractivity contribution in [3.8, 4) is 5.75 Å². The summed E-state index contributed by atoms with van der Waals surface area (Å²) in [4.78, 5) is 19.6. The van der Waals surface area contributed by atoms with Crippen molar-refractivity contribution in [1.82, 2.24) is 15.2 Å². The second-order valence-electron chi connectivity index (χ2n) is 7.35. The molecule has 1 amide bonds. The van der Waals surface area contributed by atoms with Crippen LogP contribution in [0.3, 0.4) is 0 Å². The first kappa shape index (κ1) is 19.7. The van der Waals surface area contributed by atoms with E-state index in [4.69, 9.17) is 16.3 Å². The van der Waals surface area contributed by atoms with Crippen molar-refractivity contribution in [2.75, 3.05) is 20.2 Å². The van der Waals surface area contributed by atoms with E-state index in [0.29, 0.717) is 10.7 Å². The van der Waals surface area contributed by atoms with E-state index in [1.54, 1.807) is 13.2 Å². The smallest absolute Gasteiger partial charge is 0.252 e. The van der Waals surface area contributed by atoms with Gasteiger partial charge in [0.25, 0.3) is 5.91 Å². The highest BCUT2D eigenvalue weighted by Crippen LogP contribution is 2.23. The number of nitrogens with zero attached hydrogens (tertiary/aromatic N) is 2. The van der Waals surface area contributed by atoms with E-state index in [2.05, 4.69) is 21.3 Å². The van der Waals surface area contributed by atoms with Gasteiger partial charge in [-0.05, 0) is 31.0 Å². The second-order valence-corrected chi connectivity index (χ2v) is 7.73. The summed E-state index contributed by atoms with van der Waals surface area (Å²) in [5.41, 5.74) is 2.50. The van der Waals surface area contributed by atoms with Crippen LogP contribution in [0, 0.1) is 0 Å². The zero-order valence-electron chi connectivity index (χ0n) is 16.4. The Kier molecular flexibility index (Phi) is 5.97. The van der Waals surface area contributed by atoms with Crippen LogP contribution in [0.25, 0.3) is 10.9 Å². The Morgan fingerprint density at radius 1 is 1.17 bits per heavy atom. The molecule has 2 aromatic carbocycles. The third-order valence-electron chi connectivity index (χ3n) is 5.44. The molecule has 0 aliphatic carbocycles. The van der Waals surface area contributed by atoms with Crippen molar-refractivity contribution in [3.05, 3.63) is 70.9 Å². The fourth-order valence-corrected chi connectivity index (χ4v) is 4.10. The van der Waals surface area contributed by atoms with Crippen molar-refractivity contribution in [2.45, 2.75) is 25.4 Å². The van der Waals surface area contributed by atoms with Gasteiger partial charge in [-0.1, -0.05) is 48.0 Å². The van der Waals surface area contributed by atoms with Crippen molar-refractivity contribution < 1.29 is 9.53 Å². The van der Waals surface area contributed by atoms with E-state index in [-0.39, 0.29) is 11.9 Å². The molecule has 0 radical (unpaired) electrons. The van der Waals surface area contributed by atoms with Crippen LogP contribution in [0.1, 0.15) is 28.8 Å². The first-order chi connectivity index (χ1) is 14.1. The Balaban J connectivity index is 1.38. The Bertz CT molecular complexity index is 1020. The number of nitrogens with one attached hydrogen (secondary N) is 1. The lowest BCUT2D eigenvalue weighted by atomic mass is 10.0. The van der Waals surface area contributed by atoms with Gasteiger partial charge in [-0.3, -0.25) is 9.69 Å². The number of halogens is 1. The molecule has 1 saturated heterocycles. The van der Waals surface area contributed by atoms with E-state index in [0.717, 1.165) is 49.1 Å². The average Bonchev–Trinajstić information content (AvgIpc) is 2.75. The van der Waals surface area contributed by atoms with E-state index in [1.165, 1.54) is 5.56 Å². The summed E-state index contributed by atoms with van der Waals surface area (Å²) < 4.78 is 5.45. The molecule has 1 aliphatic rings. The third kappa shape index (κ3) is 4.52. The van der Waals surface area contributed by atoms with Crippen LogP contribution in [-0.4, -0.2) is 42.0 Å². The SMILES string of the molecule is COc1ccccc1CN1CCC(NC(=O)c2cc(Cl)nc3ccccc23)CC1. The monoisotopic (exact) mass is 409 g/mol. The maximum absolute atomic E-state index is 12.9. The van der Waals surface area contributed by atoms with Crippen molar-refractivity contribution in [3.63, 3.8) is 0 Å². The number of ether oxygens (including phenoxy) is 1. The van der Waals surface area contributed by atoms with Gasteiger partial charge in [0.1, 0.15) is 10.9 Å². The number of amides is 1. The van der Waals surface area contributed by atoms with Gasteiger partial charge in [0.05, 0.1) is 18.2 Å². The molecule has 29 heavy (non-hydrogen) atoms. The largest absolute Gasteiger partial charge is 0.496 e. The molecular weight excluding hydrogens is 386 g/mol. The Morgan fingerprint density at radius 2 is 1.90 bits per heavy atom. The zero-order chi connectivity index (χ0) is 20.2.